The topological polar surface area (TPSA) is 41.5 Å². The van der Waals surface area contributed by atoms with E-state index in [1.807, 2.05) is 12.1 Å². The molecule has 0 amide bonds. The minimum atomic E-state index is -0.716. The summed E-state index contributed by atoms with van der Waals surface area (Å²) in [4.78, 5) is 0. The third-order valence-electron chi connectivity index (χ3n) is 6.07. The summed E-state index contributed by atoms with van der Waals surface area (Å²) in [6.07, 6.45) is 4.77. The molecule has 3 atom stereocenters. The van der Waals surface area contributed by atoms with Gasteiger partial charge in [-0.2, -0.15) is 0 Å². The largest absolute Gasteiger partial charge is 0.385 e. The maximum Gasteiger partial charge on any atom is 0.0926 e. The molecule has 2 aromatic rings. The van der Waals surface area contributed by atoms with Crippen molar-refractivity contribution in [3.8, 4) is 0 Å². The first kappa shape index (κ1) is 17.7. The summed E-state index contributed by atoms with van der Waals surface area (Å²) in [5.74, 6) is 0. The zero-order chi connectivity index (χ0) is 18.0. The SMILES string of the molecule is Cc1ccccc1C1(O)CCNC(CCC2OCCc3ccccc32)C1. The molecule has 0 aromatic heterocycles. The highest BCUT2D eigenvalue weighted by molar-refractivity contribution is 5.32. The van der Waals surface area contributed by atoms with Crippen molar-refractivity contribution in [3.63, 3.8) is 0 Å². The van der Waals surface area contributed by atoms with Crippen molar-refractivity contribution < 1.29 is 9.84 Å². The van der Waals surface area contributed by atoms with E-state index in [9.17, 15) is 5.11 Å². The third kappa shape index (κ3) is 3.57. The van der Waals surface area contributed by atoms with E-state index in [0.29, 0.717) is 6.04 Å². The minimum Gasteiger partial charge on any atom is -0.385 e. The standard InChI is InChI=1S/C23H29NO2/c1-17-6-2-5-9-21(17)23(25)13-14-24-19(16-23)10-11-22-20-8-4-3-7-18(20)12-15-26-22/h2-9,19,22,24-25H,10-16H2,1H3. The average Bonchev–Trinajstić information content (AvgIpc) is 2.67. The molecule has 0 aliphatic carbocycles. The molecule has 0 saturated carbocycles. The fourth-order valence-corrected chi connectivity index (χ4v) is 4.68. The number of fused-ring (bicyclic) bond motifs is 1. The third-order valence-corrected chi connectivity index (χ3v) is 6.07. The van der Waals surface area contributed by atoms with E-state index < -0.39 is 5.60 Å². The Bertz CT molecular complexity index is 759. The lowest BCUT2D eigenvalue weighted by Gasteiger charge is -2.39. The number of aliphatic hydroxyl groups is 1. The molecule has 26 heavy (non-hydrogen) atoms. The lowest BCUT2D eigenvalue weighted by Crippen LogP contribution is -2.46. The number of aryl methyl sites for hydroxylation is 1. The Hall–Kier alpha value is -1.68. The predicted octanol–water partition coefficient (Wildman–Crippen LogP) is 4.03. The maximum absolute atomic E-state index is 11.3. The van der Waals surface area contributed by atoms with Crippen LogP contribution in [-0.4, -0.2) is 24.3 Å². The number of rotatable bonds is 4. The zero-order valence-electron chi connectivity index (χ0n) is 15.6. The second-order valence-electron chi connectivity index (χ2n) is 7.84. The fraction of sp³-hybridized carbons (Fsp3) is 0.478. The molecule has 2 aliphatic heterocycles. The Balaban J connectivity index is 1.43. The van der Waals surface area contributed by atoms with Crippen molar-refractivity contribution in [2.45, 2.75) is 56.8 Å². The molecule has 1 fully saturated rings. The van der Waals surface area contributed by atoms with E-state index in [1.165, 1.54) is 16.7 Å². The molecule has 0 bridgehead atoms. The Labute approximate surface area is 156 Å². The smallest absolute Gasteiger partial charge is 0.0926 e. The molecule has 3 unspecified atom stereocenters. The number of hydrogen-bond donors (Lipinski definition) is 2. The predicted molar refractivity (Wildman–Crippen MR) is 104 cm³/mol. The van der Waals surface area contributed by atoms with E-state index in [-0.39, 0.29) is 6.10 Å². The molecule has 0 spiro atoms. The summed E-state index contributed by atoms with van der Waals surface area (Å²) in [6, 6.07) is 17.2. The van der Waals surface area contributed by atoms with Gasteiger partial charge >= 0.3 is 0 Å². The zero-order valence-corrected chi connectivity index (χ0v) is 15.6. The molecular weight excluding hydrogens is 322 g/mol. The molecule has 3 heteroatoms. The summed E-state index contributed by atoms with van der Waals surface area (Å²) in [6.45, 7) is 3.77. The van der Waals surface area contributed by atoms with Crippen molar-refractivity contribution in [3.05, 3.63) is 70.8 Å². The van der Waals surface area contributed by atoms with Crippen LogP contribution in [0.4, 0.5) is 0 Å². The molecule has 2 N–H and O–H groups in total. The lowest BCUT2D eigenvalue weighted by molar-refractivity contribution is -0.0160. The van der Waals surface area contributed by atoms with Crippen LogP contribution in [0.15, 0.2) is 48.5 Å². The summed E-state index contributed by atoms with van der Waals surface area (Å²) in [7, 11) is 0. The number of piperidine rings is 1. The highest BCUT2D eigenvalue weighted by atomic mass is 16.5. The Morgan fingerprint density at radius 3 is 2.81 bits per heavy atom. The normalized spacial score (nSPS) is 28.5. The van der Waals surface area contributed by atoms with Gasteiger partial charge in [-0.05, 0) is 67.8 Å². The van der Waals surface area contributed by atoms with Crippen LogP contribution in [0.25, 0.3) is 0 Å². The fourth-order valence-electron chi connectivity index (χ4n) is 4.68. The summed E-state index contributed by atoms with van der Waals surface area (Å²) < 4.78 is 6.06. The van der Waals surface area contributed by atoms with Gasteiger partial charge in [-0.15, -0.1) is 0 Å². The van der Waals surface area contributed by atoms with Gasteiger partial charge < -0.3 is 15.2 Å². The van der Waals surface area contributed by atoms with Gasteiger partial charge in [-0.1, -0.05) is 48.5 Å². The molecule has 2 aliphatic rings. The molecular formula is C23H29NO2. The first-order valence-electron chi connectivity index (χ1n) is 9.87. The summed E-state index contributed by atoms with van der Waals surface area (Å²) in [5.41, 5.74) is 4.33. The van der Waals surface area contributed by atoms with Crippen LogP contribution >= 0.6 is 0 Å². The van der Waals surface area contributed by atoms with Crippen LogP contribution in [0, 0.1) is 6.92 Å². The van der Waals surface area contributed by atoms with Gasteiger partial charge in [0, 0.05) is 6.04 Å². The van der Waals surface area contributed by atoms with Crippen LogP contribution < -0.4 is 5.32 Å². The van der Waals surface area contributed by atoms with Gasteiger partial charge in [-0.25, -0.2) is 0 Å². The number of benzene rings is 2. The Morgan fingerprint density at radius 2 is 1.92 bits per heavy atom. The van der Waals surface area contributed by atoms with Crippen LogP contribution in [0.3, 0.4) is 0 Å². The highest BCUT2D eigenvalue weighted by Crippen LogP contribution is 2.37. The molecule has 4 rings (SSSR count). The van der Waals surface area contributed by atoms with E-state index in [0.717, 1.165) is 50.8 Å². The highest BCUT2D eigenvalue weighted by Gasteiger charge is 2.36. The molecule has 2 aromatic carbocycles. The average molecular weight is 351 g/mol. The van der Waals surface area contributed by atoms with Crippen molar-refractivity contribution in [1.29, 1.82) is 0 Å². The van der Waals surface area contributed by atoms with E-state index >= 15 is 0 Å². The summed E-state index contributed by atoms with van der Waals surface area (Å²) >= 11 is 0. The Kier molecular flexibility index (Phi) is 5.12. The maximum atomic E-state index is 11.3. The van der Waals surface area contributed by atoms with Gasteiger partial charge in [0.1, 0.15) is 0 Å². The van der Waals surface area contributed by atoms with Gasteiger partial charge in [0.25, 0.3) is 0 Å². The van der Waals surface area contributed by atoms with Crippen LogP contribution in [0.5, 0.6) is 0 Å². The molecule has 3 nitrogen and oxygen atoms in total. The van der Waals surface area contributed by atoms with Crippen molar-refractivity contribution >= 4 is 0 Å². The second-order valence-corrected chi connectivity index (χ2v) is 7.84. The van der Waals surface area contributed by atoms with Gasteiger partial charge in [0.2, 0.25) is 0 Å². The molecule has 2 heterocycles. The van der Waals surface area contributed by atoms with Gasteiger partial charge in [0.05, 0.1) is 18.3 Å². The summed E-state index contributed by atoms with van der Waals surface area (Å²) in [5, 5.41) is 14.9. The number of ether oxygens (including phenoxy) is 1. The minimum absolute atomic E-state index is 0.190. The van der Waals surface area contributed by atoms with Gasteiger partial charge in [0.15, 0.2) is 0 Å². The van der Waals surface area contributed by atoms with Gasteiger partial charge in [-0.3, -0.25) is 0 Å². The molecule has 138 valence electrons. The van der Waals surface area contributed by atoms with Crippen LogP contribution in [-0.2, 0) is 16.8 Å². The number of hydrogen-bond acceptors (Lipinski definition) is 3. The Morgan fingerprint density at radius 1 is 1.12 bits per heavy atom. The molecule has 1 saturated heterocycles. The quantitative estimate of drug-likeness (QED) is 0.874. The van der Waals surface area contributed by atoms with E-state index in [2.05, 4.69) is 48.6 Å². The van der Waals surface area contributed by atoms with Crippen LogP contribution in [0.2, 0.25) is 0 Å². The van der Waals surface area contributed by atoms with E-state index in [1.54, 1.807) is 0 Å². The molecule has 0 radical (unpaired) electrons. The first-order chi connectivity index (χ1) is 12.7. The second kappa shape index (κ2) is 7.51. The lowest BCUT2D eigenvalue weighted by atomic mass is 9.78. The van der Waals surface area contributed by atoms with Crippen molar-refractivity contribution in [1.82, 2.24) is 5.32 Å². The number of nitrogens with one attached hydrogen (secondary N) is 1. The monoisotopic (exact) mass is 351 g/mol. The van der Waals surface area contributed by atoms with Crippen molar-refractivity contribution in [2.24, 2.45) is 0 Å². The first-order valence-corrected chi connectivity index (χ1v) is 9.87. The van der Waals surface area contributed by atoms with Crippen LogP contribution in [0.1, 0.15) is 54.0 Å². The van der Waals surface area contributed by atoms with Crippen molar-refractivity contribution in [2.75, 3.05) is 13.2 Å². The van der Waals surface area contributed by atoms with E-state index in [4.69, 9.17) is 4.74 Å².